The van der Waals surface area contributed by atoms with Crippen molar-refractivity contribution in [2.75, 3.05) is 6.54 Å². The van der Waals surface area contributed by atoms with Crippen LogP contribution in [0.3, 0.4) is 0 Å². The van der Waals surface area contributed by atoms with E-state index in [-0.39, 0.29) is 6.04 Å². The summed E-state index contributed by atoms with van der Waals surface area (Å²) >= 11 is 5.07. The molecular formula is C10H11BrN2S. The average molecular weight is 271 g/mol. The summed E-state index contributed by atoms with van der Waals surface area (Å²) in [4.78, 5) is 2.24. The lowest BCUT2D eigenvalue weighted by Crippen LogP contribution is -2.18. The molecule has 0 amide bonds. The number of rotatable bonds is 4. The van der Waals surface area contributed by atoms with Crippen molar-refractivity contribution in [3.8, 4) is 6.07 Å². The molecular weight excluding hydrogens is 260 g/mol. The second kappa shape index (κ2) is 5.30. The number of hydrogen-bond acceptors (Lipinski definition) is 3. The Hall–Kier alpha value is -0.630. The van der Waals surface area contributed by atoms with E-state index in [1.807, 2.05) is 13.0 Å². The summed E-state index contributed by atoms with van der Waals surface area (Å²) in [5, 5.41) is 12.0. The summed E-state index contributed by atoms with van der Waals surface area (Å²) in [6.07, 6.45) is 1.75. The Morgan fingerprint density at radius 2 is 2.57 bits per heavy atom. The van der Waals surface area contributed by atoms with E-state index in [1.54, 1.807) is 17.4 Å². The van der Waals surface area contributed by atoms with Crippen molar-refractivity contribution in [3.05, 3.63) is 32.9 Å². The fourth-order valence-corrected chi connectivity index (χ4v) is 2.62. The SMILES string of the molecule is C=CCNC(C#N)c1cc(Br)c(C)s1. The van der Waals surface area contributed by atoms with Crippen LogP contribution in [0.1, 0.15) is 15.8 Å². The third-order valence-electron chi connectivity index (χ3n) is 1.76. The molecule has 0 spiro atoms. The third kappa shape index (κ3) is 2.68. The van der Waals surface area contributed by atoms with Crippen LogP contribution in [0.5, 0.6) is 0 Å². The maximum atomic E-state index is 8.95. The second-order valence-corrected chi connectivity index (χ2v) is 4.95. The van der Waals surface area contributed by atoms with Gasteiger partial charge in [-0.05, 0) is 28.9 Å². The van der Waals surface area contributed by atoms with Gasteiger partial charge >= 0.3 is 0 Å². The molecule has 0 saturated carbocycles. The summed E-state index contributed by atoms with van der Waals surface area (Å²) in [6, 6.07) is 3.98. The Labute approximate surface area is 96.4 Å². The van der Waals surface area contributed by atoms with Crippen LogP contribution in [0, 0.1) is 18.3 Å². The van der Waals surface area contributed by atoms with Gasteiger partial charge in [0, 0.05) is 20.8 Å². The molecule has 1 aromatic rings. The standard InChI is InChI=1S/C10H11BrN2S/c1-3-4-13-9(6-12)10-5-8(11)7(2)14-10/h3,5,9,13H,1,4H2,2H3. The number of thiophene rings is 1. The minimum absolute atomic E-state index is 0.233. The molecule has 0 aliphatic carbocycles. The van der Waals surface area contributed by atoms with Crippen molar-refractivity contribution in [3.63, 3.8) is 0 Å². The molecule has 0 aliphatic heterocycles. The van der Waals surface area contributed by atoms with Crippen molar-refractivity contribution in [1.29, 1.82) is 5.26 Å². The topological polar surface area (TPSA) is 35.8 Å². The highest BCUT2D eigenvalue weighted by Gasteiger charge is 2.12. The molecule has 1 unspecified atom stereocenters. The van der Waals surface area contributed by atoms with Crippen molar-refractivity contribution in [2.45, 2.75) is 13.0 Å². The molecule has 1 aromatic heterocycles. The molecule has 74 valence electrons. The van der Waals surface area contributed by atoms with Crippen LogP contribution in [-0.4, -0.2) is 6.54 Å². The monoisotopic (exact) mass is 270 g/mol. The van der Waals surface area contributed by atoms with E-state index in [9.17, 15) is 0 Å². The molecule has 14 heavy (non-hydrogen) atoms. The van der Waals surface area contributed by atoms with Crippen LogP contribution in [0.4, 0.5) is 0 Å². The first-order valence-electron chi connectivity index (χ1n) is 4.18. The molecule has 1 rings (SSSR count). The van der Waals surface area contributed by atoms with E-state index < -0.39 is 0 Å². The fourth-order valence-electron chi connectivity index (χ4n) is 1.03. The van der Waals surface area contributed by atoms with E-state index in [2.05, 4.69) is 33.9 Å². The Morgan fingerprint density at radius 1 is 1.86 bits per heavy atom. The van der Waals surface area contributed by atoms with Gasteiger partial charge in [-0.15, -0.1) is 17.9 Å². The van der Waals surface area contributed by atoms with Gasteiger partial charge in [-0.3, -0.25) is 5.32 Å². The highest BCUT2D eigenvalue weighted by atomic mass is 79.9. The Kier molecular flexibility index (Phi) is 4.33. The smallest absolute Gasteiger partial charge is 0.130 e. The quantitative estimate of drug-likeness (QED) is 0.854. The first-order valence-corrected chi connectivity index (χ1v) is 5.79. The molecule has 0 aliphatic rings. The van der Waals surface area contributed by atoms with Gasteiger partial charge in [0.15, 0.2) is 0 Å². The highest BCUT2D eigenvalue weighted by Crippen LogP contribution is 2.30. The molecule has 0 aromatic carbocycles. The summed E-state index contributed by atoms with van der Waals surface area (Å²) in [5.41, 5.74) is 0. The first-order chi connectivity index (χ1) is 6.69. The second-order valence-electron chi connectivity index (χ2n) is 2.81. The molecule has 0 saturated heterocycles. The van der Waals surface area contributed by atoms with Gasteiger partial charge in [0.1, 0.15) is 6.04 Å². The van der Waals surface area contributed by atoms with Crippen molar-refractivity contribution in [1.82, 2.24) is 5.32 Å². The van der Waals surface area contributed by atoms with E-state index >= 15 is 0 Å². The van der Waals surface area contributed by atoms with Gasteiger partial charge in [-0.25, -0.2) is 0 Å². The van der Waals surface area contributed by atoms with Gasteiger partial charge in [0.2, 0.25) is 0 Å². The van der Waals surface area contributed by atoms with Crippen LogP contribution in [-0.2, 0) is 0 Å². The molecule has 0 bridgehead atoms. The maximum Gasteiger partial charge on any atom is 0.130 e. The van der Waals surface area contributed by atoms with E-state index in [1.165, 1.54) is 4.88 Å². The summed E-state index contributed by atoms with van der Waals surface area (Å²) < 4.78 is 1.07. The largest absolute Gasteiger partial charge is 0.294 e. The Balaban J connectivity index is 2.79. The van der Waals surface area contributed by atoms with Crippen LogP contribution >= 0.6 is 27.3 Å². The zero-order valence-electron chi connectivity index (χ0n) is 7.88. The lowest BCUT2D eigenvalue weighted by Gasteiger charge is -2.06. The number of nitriles is 1. The van der Waals surface area contributed by atoms with E-state index in [4.69, 9.17) is 5.26 Å². The molecule has 4 heteroatoms. The van der Waals surface area contributed by atoms with Crippen LogP contribution in [0.15, 0.2) is 23.2 Å². The van der Waals surface area contributed by atoms with E-state index in [0.717, 1.165) is 9.35 Å². The molecule has 0 radical (unpaired) electrons. The van der Waals surface area contributed by atoms with Crippen molar-refractivity contribution in [2.24, 2.45) is 0 Å². The lowest BCUT2D eigenvalue weighted by molar-refractivity contribution is 0.694. The molecule has 1 N–H and O–H groups in total. The van der Waals surface area contributed by atoms with Crippen LogP contribution in [0.25, 0.3) is 0 Å². The zero-order valence-corrected chi connectivity index (χ0v) is 10.3. The molecule has 1 heterocycles. The summed E-state index contributed by atoms with van der Waals surface area (Å²) in [7, 11) is 0. The third-order valence-corrected chi connectivity index (χ3v) is 3.96. The molecule has 2 nitrogen and oxygen atoms in total. The summed E-state index contributed by atoms with van der Waals surface area (Å²) in [6.45, 7) is 6.28. The first kappa shape index (κ1) is 11.4. The number of hydrogen-bond donors (Lipinski definition) is 1. The van der Waals surface area contributed by atoms with Crippen LogP contribution < -0.4 is 5.32 Å². The summed E-state index contributed by atoms with van der Waals surface area (Å²) in [5.74, 6) is 0. The predicted molar refractivity (Wildman–Crippen MR) is 63.3 cm³/mol. The Bertz CT molecular complexity index is 345. The fraction of sp³-hybridized carbons (Fsp3) is 0.300. The van der Waals surface area contributed by atoms with Gasteiger partial charge in [-0.2, -0.15) is 5.26 Å². The van der Waals surface area contributed by atoms with Crippen LogP contribution in [0.2, 0.25) is 0 Å². The van der Waals surface area contributed by atoms with Gasteiger partial charge in [0.05, 0.1) is 6.07 Å². The minimum Gasteiger partial charge on any atom is -0.294 e. The number of aryl methyl sites for hydroxylation is 1. The zero-order chi connectivity index (χ0) is 10.6. The molecule has 0 fully saturated rings. The number of nitrogens with zero attached hydrogens (tertiary/aromatic N) is 1. The lowest BCUT2D eigenvalue weighted by atomic mass is 10.2. The van der Waals surface area contributed by atoms with Gasteiger partial charge < -0.3 is 0 Å². The van der Waals surface area contributed by atoms with Crippen molar-refractivity contribution < 1.29 is 0 Å². The number of halogens is 1. The highest BCUT2D eigenvalue weighted by molar-refractivity contribution is 9.10. The van der Waals surface area contributed by atoms with Gasteiger partial charge in [-0.1, -0.05) is 6.08 Å². The maximum absolute atomic E-state index is 8.95. The predicted octanol–water partition coefficient (Wildman–Crippen LogP) is 3.16. The van der Waals surface area contributed by atoms with Crippen molar-refractivity contribution >= 4 is 27.3 Å². The number of nitrogens with one attached hydrogen (secondary N) is 1. The average Bonchev–Trinajstić information content (AvgIpc) is 2.48. The normalized spacial score (nSPS) is 12.1. The Morgan fingerprint density at radius 3 is 3.00 bits per heavy atom. The molecule has 1 atom stereocenters. The van der Waals surface area contributed by atoms with E-state index in [0.29, 0.717) is 6.54 Å². The van der Waals surface area contributed by atoms with Gasteiger partial charge in [0.25, 0.3) is 0 Å². The minimum atomic E-state index is -0.233.